The van der Waals surface area contributed by atoms with E-state index in [1.807, 2.05) is 30.3 Å². The number of carboxylic acid groups (broad SMARTS) is 1. The molecule has 0 saturated carbocycles. The Morgan fingerprint density at radius 1 is 1.14 bits per heavy atom. The topological polar surface area (TPSA) is 70.3 Å². The maximum atomic E-state index is 10.9. The molecule has 0 bridgehead atoms. The van der Waals surface area contributed by atoms with Crippen molar-refractivity contribution < 1.29 is 14.6 Å². The molecule has 0 aliphatic rings. The Hall–Kier alpha value is -3.06. The van der Waals surface area contributed by atoms with Gasteiger partial charge in [0.15, 0.2) is 0 Å². The summed E-state index contributed by atoms with van der Waals surface area (Å²) in [6.45, 7) is 0.376. The van der Waals surface area contributed by atoms with Crippen LogP contribution in [0.15, 0.2) is 60.2 Å². The Balaban J connectivity index is 2.22. The van der Waals surface area contributed by atoms with Crippen molar-refractivity contribution in [3.63, 3.8) is 0 Å². The van der Waals surface area contributed by atoms with Gasteiger partial charge in [-0.3, -0.25) is 0 Å². The molecule has 0 radical (unpaired) electrons. The zero-order valence-electron chi connectivity index (χ0n) is 11.2. The molecule has 0 atom stereocenters. The van der Waals surface area contributed by atoms with E-state index in [0.29, 0.717) is 17.9 Å². The predicted octanol–water partition coefficient (Wildman–Crippen LogP) is 3.26. The summed E-state index contributed by atoms with van der Waals surface area (Å²) in [7, 11) is 0. The highest BCUT2D eigenvalue weighted by molar-refractivity contribution is 5.96. The summed E-state index contributed by atoms with van der Waals surface area (Å²) < 4.78 is 5.70. The highest BCUT2D eigenvalue weighted by Crippen LogP contribution is 2.22. The Bertz CT molecular complexity index is 699. The monoisotopic (exact) mass is 279 g/mol. The number of hydrogen-bond donors (Lipinski definition) is 1. The second-order valence-electron chi connectivity index (χ2n) is 4.29. The van der Waals surface area contributed by atoms with E-state index >= 15 is 0 Å². The van der Waals surface area contributed by atoms with Gasteiger partial charge >= 0.3 is 5.97 Å². The quantitative estimate of drug-likeness (QED) is 0.673. The zero-order chi connectivity index (χ0) is 15.1. The molecule has 4 heteroatoms. The van der Waals surface area contributed by atoms with Crippen LogP contribution in [0.4, 0.5) is 0 Å². The van der Waals surface area contributed by atoms with Crippen molar-refractivity contribution >= 4 is 12.0 Å². The lowest BCUT2D eigenvalue weighted by molar-refractivity contribution is -0.132. The van der Waals surface area contributed by atoms with E-state index < -0.39 is 5.97 Å². The molecule has 0 aliphatic carbocycles. The molecular weight excluding hydrogens is 266 g/mol. The van der Waals surface area contributed by atoms with Crippen molar-refractivity contribution in [2.24, 2.45) is 0 Å². The Kier molecular flexibility index (Phi) is 4.73. The SMILES string of the molecule is N#CC(=Cc1ccccc1OCc1ccccc1)C(=O)O. The highest BCUT2D eigenvalue weighted by Gasteiger charge is 2.08. The Morgan fingerprint density at radius 2 is 1.81 bits per heavy atom. The van der Waals surface area contributed by atoms with Crippen LogP contribution in [-0.2, 0) is 11.4 Å². The van der Waals surface area contributed by atoms with Gasteiger partial charge in [0.2, 0.25) is 0 Å². The average Bonchev–Trinajstić information content (AvgIpc) is 2.52. The summed E-state index contributed by atoms with van der Waals surface area (Å²) in [5.74, 6) is -0.717. The van der Waals surface area contributed by atoms with Crippen LogP contribution in [0.25, 0.3) is 6.08 Å². The first kappa shape index (κ1) is 14.4. The van der Waals surface area contributed by atoms with Crippen LogP contribution in [0.3, 0.4) is 0 Å². The van der Waals surface area contributed by atoms with Crippen LogP contribution in [-0.4, -0.2) is 11.1 Å². The van der Waals surface area contributed by atoms with Gasteiger partial charge < -0.3 is 9.84 Å². The van der Waals surface area contributed by atoms with E-state index in [1.165, 1.54) is 6.08 Å². The third-order valence-corrected chi connectivity index (χ3v) is 2.81. The normalized spacial score (nSPS) is 10.7. The molecule has 0 fully saturated rings. The number of nitriles is 1. The van der Waals surface area contributed by atoms with Gasteiger partial charge in [-0.2, -0.15) is 5.26 Å². The largest absolute Gasteiger partial charge is 0.488 e. The molecule has 0 saturated heterocycles. The lowest BCUT2D eigenvalue weighted by Gasteiger charge is -2.09. The summed E-state index contributed by atoms with van der Waals surface area (Å²) in [5, 5.41) is 17.7. The fourth-order valence-electron chi connectivity index (χ4n) is 1.76. The van der Waals surface area contributed by atoms with Crippen molar-refractivity contribution in [3.05, 3.63) is 71.3 Å². The number of aliphatic carboxylic acids is 1. The van der Waals surface area contributed by atoms with Crippen LogP contribution < -0.4 is 4.74 Å². The lowest BCUT2D eigenvalue weighted by Crippen LogP contribution is -1.99. The minimum Gasteiger partial charge on any atom is -0.488 e. The standard InChI is InChI=1S/C17H13NO3/c18-11-15(17(19)20)10-14-8-4-5-9-16(14)21-12-13-6-2-1-3-7-13/h1-10H,12H2,(H,19,20). The maximum Gasteiger partial charge on any atom is 0.346 e. The van der Waals surface area contributed by atoms with Gasteiger partial charge in [0, 0.05) is 5.56 Å². The molecule has 21 heavy (non-hydrogen) atoms. The van der Waals surface area contributed by atoms with Crippen molar-refractivity contribution in [1.82, 2.24) is 0 Å². The second-order valence-corrected chi connectivity index (χ2v) is 4.29. The molecule has 0 heterocycles. The van der Waals surface area contributed by atoms with Crippen molar-refractivity contribution in [2.45, 2.75) is 6.61 Å². The summed E-state index contributed by atoms with van der Waals surface area (Å²) in [5.41, 5.74) is 1.24. The Labute approximate surface area is 122 Å². The second kappa shape index (κ2) is 6.92. The Morgan fingerprint density at radius 3 is 2.48 bits per heavy atom. The highest BCUT2D eigenvalue weighted by atomic mass is 16.5. The first-order valence-corrected chi connectivity index (χ1v) is 6.31. The molecule has 4 nitrogen and oxygen atoms in total. The fraction of sp³-hybridized carbons (Fsp3) is 0.0588. The summed E-state index contributed by atoms with van der Waals surface area (Å²) in [6.07, 6.45) is 1.31. The number of benzene rings is 2. The molecule has 1 N–H and O–H groups in total. The summed E-state index contributed by atoms with van der Waals surface area (Å²) in [4.78, 5) is 10.9. The fourth-order valence-corrected chi connectivity index (χ4v) is 1.76. The molecule has 0 aliphatic heterocycles. The molecule has 0 amide bonds. The van der Waals surface area contributed by atoms with E-state index in [0.717, 1.165) is 5.56 Å². The number of rotatable bonds is 5. The minimum atomic E-state index is -1.25. The number of carboxylic acids is 1. The van der Waals surface area contributed by atoms with Crippen molar-refractivity contribution in [2.75, 3.05) is 0 Å². The molecule has 0 spiro atoms. The van der Waals surface area contributed by atoms with E-state index in [9.17, 15) is 4.79 Å². The molecule has 104 valence electrons. The zero-order valence-corrected chi connectivity index (χ0v) is 11.2. The van der Waals surface area contributed by atoms with Gasteiger partial charge in [-0.25, -0.2) is 4.79 Å². The number of ether oxygens (including phenoxy) is 1. The van der Waals surface area contributed by atoms with Gasteiger partial charge in [0.25, 0.3) is 0 Å². The van der Waals surface area contributed by atoms with Crippen molar-refractivity contribution in [1.29, 1.82) is 5.26 Å². The van der Waals surface area contributed by atoms with E-state index in [2.05, 4.69) is 0 Å². The summed E-state index contributed by atoms with van der Waals surface area (Å²) >= 11 is 0. The van der Waals surface area contributed by atoms with Crippen LogP contribution in [0.5, 0.6) is 5.75 Å². The van der Waals surface area contributed by atoms with Gasteiger partial charge in [-0.15, -0.1) is 0 Å². The number of para-hydroxylation sites is 1. The van der Waals surface area contributed by atoms with Crippen molar-refractivity contribution in [3.8, 4) is 11.8 Å². The van der Waals surface area contributed by atoms with Crippen LogP contribution in [0.1, 0.15) is 11.1 Å². The van der Waals surface area contributed by atoms with Gasteiger partial charge in [-0.1, -0.05) is 48.5 Å². The van der Waals surface area contributed by atoms with Gasteiger partial charge in [0.1, 0.15) is 24.0 Å². The van der Waals surface area contributed by atoms with Gasteiger partial charge in [0.05, 0.1) is 0 Å². The average molecular weight is 279 g/mol. The van der Waals surface area contributed by atoms with E-state index in [4.69, 9.17) is 15.1 Å². The maximum absolute atomic E-state index is 10.9. The molecule has 2 aromatic rings. The first-order chi connectivity index (χ1) is 10.2. The number of carbonyl (C=O) groups is 1. The summed E-state index contributed by atoms with van der Waals surface area (Å²) in [6, 6.07) is 18.3. The predicted molar refractivity (Wildman–Crippen MR) is 78.4 cm³/mol. The minimum absolute atomic E-state index is 0.328. The lowest BCUT2D eigenvalue weighted by atomic mass is 10.1. The van der Waals surface area contributed by atoms with Gasteiger partial charge in [-0.05, 0) is 17.7 Å². The van der Waals surface area contributed by atoms with E-state index in [1.54, 1.807) is 30.3 Å². The first-order valence-electron chi connectivity index (χ1n) is 6.31. The molecule has 0 aromatic heterocycles. The third-order valence-electron chi connectivity index (χ3n) is 2.81. The number of hydrogen-bond acceptors (Lipinski definition) is 3. The molecule has 0 unspecified atom stereocenters. The smallest absolute Gasteiger partial charge is 0.346 e. The molecule has 2 aromatic carbocycles. The third kappa shape index (κ3) is 3.95. The molecule has 2 rings (SSSR count). The molecular formula is C17H13NO3. The van der Waals surface area contributed by atoms with E-state index in [-0.39, 0.29) is 5.57 Å². The number of nitrogens with zero attached hydrogens (tertiary/aromatic N) is 1. The van der Waals surface area contributed by atoms with Crippen LogP contribution in [0, 0.1) is 11.3 Å². The van der Waals surface area contributed by atoms with Crippen LogP contribution >= 0.6 is 0 Å². The van der Waals surface area contributed by atoms with Crippen LogP contribution in [0.2, 0.25) is 0 Å².